The van der Waals surface area contributed by atoms with Crippen LogP contribution in [0.25, 0.3) is 0 Å². The number of aliphatic hydroxyl groups is 1. The van der Waals surface area contributed by atoms with Crippen molar-refractivity contribution in [3.8, 4) is 0 Å². The Labute approximate surface area is 90.9 Å². The molecule has 2 heterocycles. The van der Waals surface area contributed by atoms with Crippen LogP contribution >= 0.6 is 0 Å². The molecular weight excluding hydrogens is 212 g/mol. The lowest BCUT2D eigenvalue weighted by molar-refractivity contribution is 0.245. The van der Waals surface area contributed by atoms with Crippen LogP contribution < -0.4 is 5.32 Å². The fourth-order valence-electron chi connectivity index (χ4n) is 2.09. The normalized spacial score (nSPS) is 31.5. The number of aliphatic hydroxyl groups excluding tert-OH is 1. The minimum Gasteiger partial charge on any atom is -0.394 e. The highest BCUT2D eigenvalue weighted by Crippen LogP contribution is 2.37. The zero-order valence-corrected chi connectivity index (χ0v) is 9.27. The molecular formula is C10H14N2O2S. The molecule has 0 saturated heterocycles. The van der Waals surface area contributed by atoms with Gasteiger partial charge in [-0.2, -0.15) is 0 Å². The van der Waals surface area contributed by atoms with Crippen molar-refractivity contribution in [1.29, 1.82) is 0 Å². The Hall–Kier alpha value is -0.680. The molecule has 15 heavy (non-hydrogen) atoms. The fourth-order valence-corrected chi connectivity index (χ4v) is 3.54. The minimum atomic E-state index is -0.863. The monoisotopic (exact) mass is 226 g/mol. The summed E-state index contributed by atoms with van der Waals surface area (Å²) in [5.41, 5.74) is 1.07. The summed E-state index contributed by atoms with van der Waals surface area (Å²) in [7, 11) is -0.863. The van der Waals surface area contributed by atoms with Gasteiger partial charge < -0.3 is 10.4 Å². The third-order valence-electron chi connectivity index (χ3n) is 3.32. The Morgan fingerprint density at radius 3 is 3.00 bits per heavy atom. The highest BCUT2D eigenvalue weighted by Gasteiger charge is 2.44. The van der Waals surface area contributed by atoms with E-state index in [2.05, 4.69) is 10.3 Å². The van der Waals surface area contributed by atoms with Crippen LogP contribution in [0.4, 0.5) is 0 Å². The molecule has 4 nitrogen and oxygen atoms in total. The van der Waals surface area contributed by atoms with Crippen molar-refractivity contribution in [2.24, 2.45) is 4.99 Å². The van der Waals surface area contributed by atoms with E-state index in [-0.39, 0.29) is 12.1 Å². The van der Waals surface area contributed by atoms with Crippen molar-refractivity contribution in [2.45, 2.75) is 24.8 Å². The maximum atomic E-state index is 11.7. The Bertz CT molecular complexity index is 396. The molecule has 1 aliphatic carbocycles. The van der Waals surface area contributed by atoms with E-state index in [1.54, 1.807) is 0 Å². The first-order valence-corrected chi connectivity index (χ1v) is 6.60. The minimum absolute atomic E-state index is 0.140. The Morgan fingerprint density at radius 1 is 1.53 bits per heavy atom. The molecule has 1 fully saturated rings. The lowest BCUT2D eigenvalue weighted by Gasteiger charge is -2.16. The summed E-state index contributed by atoms with van der Waals surface area (Å²) in [4.78, 5) is 5.30. The largest absolute Gasteiger partial charge is 0.394 e. The van der Waals surface area contributed by atoms with Crippen molar-refractivity contribution >= 4 is 16.6 Å². The van der Waals surface area contributed by atoms with Crippen LogP contribution in [0.2, 0.25) is 0 Å². The summed E-state index contributed by atoms with van der Waals surface area (Å²) in [6, 6.07) is 0. The number of nitrogens with one attached hydrogen (secondary N) is 1. The van der Waals surface area contributed by atoms with Crippen LogP contribution in [0, 0.1) is 0 Å². The second-order valence-corrected chi connectivity index (χ2v) is 5.97. The van der Waals surface area contributed by atoms with E-state index in [0.717, 1.165) is 35.8 Å². The summed E-state index contributed by atoms with van der Waals surface area (Å²) in [6.45, 7) is 0.839. The van der Waals surface area contributed by atoms with Crippen LogP contribution in [-0.4, -0.2) is 39.6 Å². The van der Waals surface area contributed by atoms with Gasteiger partial charge in [0.1, 0.15) is 5.84 Å². The molecule has 0 amide bonds. The molecule has 1 atom stereocenters. The molecule has 0 aromatic carbocycles. The standard InChI is InChI=1S/C10H14N2O2S/c13-6-10(2-3-10)12-9-8-7(5-11-9)1-4-15(8)14/h13H,1-6H2,(H,11,12). The summed E-state index contributed by atoms with van der Waals surface area (Å²) in [6.07, 6.45) is 2.89. The summed E-state index contributed by atoms with van der Waals surface area (Å²) in [5, 5.41) is 12.5. The second kappa shape index (κ2) is 3.15. The van der Waals surface area contributed by atoms with E-state index in [1.165, 1.54) is 5.57 Å². The van der Waals surface area contributed by atoms with Crippen molar-refractivity contribution in [3.63, 3.8) is 0 Å². The Balaban J connectivity index is 1.81. The van der Waals surface area contributed by atoms with Crippen LogP contribution in [0.5, 0.6) is 0 Å². The van der Waals surface area contributed by atoms with Gasteiger partial charge in [0.15, 0.2) is 0 Å². The number of aliphatic imine (C=N–C) groups is 1. The number of amidine groups is 1. The third-order valence-corrected chi connectivity index (χ3v) is 4.83. The third kappa shape index (κ3) is 1.45. The van der Waals surface area contributed by atoms with Gasteiger partial charge in [-0.25, -0.2) is 0 Å². The predicted octanol–water partition coefficient (Wildman–Crippen LogP) is -0.0805. The van der Waals surface area contributed by atoms with Gasteiger partial charge in [-0.05, 0) is 24.8 Å². The number of hydrogen-bond acceptors (Lipinski definition) is 4. The average Bonchev–Trinajstić information content (AvgIpc) is 2.75. The maximum Gasteiger partial charge on any atom is 0.138 e. The first kappa shape index (κ1) is 9.54. The number of hydrogen-bond donors (Lipinski definition) is 2. The lowest BCUT2D eigenvalue weighted by Crippen LogP contribution is -2.40. The molecule has 0 bridgehead atoms. The number of rotatable bonds is 2. The van der Waals surface area contributed by atoms with Gasteiger partial charge in [0.25, 0.3) is 0 Å². The molecule has 2 aliphatic heterocycles. The molecule has 82 valence electrons. The highest BCUT2D eigenvalue weighted by molar-refractivity contribution is 7.90. The van der Waals surface area contributed by atoms with E-state index in [4.69, 9.17) is 0 Å². The van der Waals surface area contributed by atoms with Gasteiger partial charge in [-0.1, -0.05) is 0 Å². The van der Waals surface area contributed by atoms with E-state index >= 15 is 0 Å². The van der Waals surface area contributed by atoms with Gasteiger partial charge in [0.2, 0.25) is 0 Å². The number of nitrogens with zero attached hydrogens (tertiary/aromatic N) is 1. The van der Waals surface area contributed by atoms with Crippen LogP contribution in [0.15, 0.2) is 15.5 Å². The molecule has 5 heteroatoms. The van der Waals surface area contributed by atoms with Gasteiger partial charge >= 0.3 is 0 Å². The lowest BCUT2D eigenvalue weighted by atomic mass is 10.2. The molecule has 0 aromatic rings. The smallest absolute Gasteiger partial charge is 0.138 e. The second-order valence-electron chi connectivity index (χ2n) is 4.46. The molecule has 1 saturated carbocycles. The quantitative estimate of drug-likeness (QED) is 0.692. The summed E-state index contributed by atoms with van der Waals surface area (Å²) in [5.74, 6) is 1.53. The van der Waals surface area contributed by atoms with Crippen molar-refractivity contribution < 1.29 is 9.32 Å². The molecule has 0 spiro atoms. The van der Waals surface area contributed by atoms with Crippen molar-refractivity contribution in [2.75, 3.05) is 18.9 Å². The summed E-state index contributed by atoms with van der Waals surface area (Å²) < 4.78 is 11.7. The van der Waals surface area contributed by atoms with E-state index in [9.17, 15) is 9.32 Å². The molecule has 0 radical (unpaired) electrons. The zero-order valence-electron chi connectivity index (χ0n) is 8.45. The molecule has 3 rings (SSSR count). The van der Waals surface area contributed by atoms with E-state index in [0.29, 0.717) is 6.54 Å². The van der Waals surface area contributed by atoms with Gasteiger partial charge in [-0.3, -0.25) is 9.20 Å². The Kier molecular flexibility index (Phi) is 2.01. The van der Waals surface area contributed by atoms with E-state index < -0.39 is 10.8 Å². The van der Waals surface area contributed by atoms with Gasteiger partial charge in [-0.15, -0.1) is 0 Å². The van der Waals surface area contributed by atoms with Crippen molar-refractivity contribution in [3.05, 3.63) is 10.5 Å². The molecule has 3 aliphatic rings. The first-order chi connectivity index (χ1) is 7.24. The Morgan fingerprint density at radius 2 is 2.33 bits per heavy atom. The molecule has 0 aromatic heterocycles. The van der Waals surface area contributed by atoms with Crippen LogP contribution in [0.3, 0.4) is 0 Å². The van der Waals surface area contributed by atoms with E-state index in [1.807, 2.05) is 0 Å². The van der Waals surface area contributed by atoms with Crippen LogP contribution in [0.1, 0.15) is 19.3 Å². The summed E-state index contributed by atoms with van der Waals surface area (Å²) >= 11 is 0. The fraction of sp³-hybridized carbons (Fsp3) is 0.700. The maximum absolute atomic E-state index is 11.7. The van der Waals surface area contributed by atoms with Crippen LogP contribution in [-0.2, 0) is 10.8 Å². The van der Waals surface area contributed by atoms with Gasteiger partial charge in [0.05, 0.1) is 34.4 Å². The SMILES string of the molecule is O=S1CCC2=C1C(NC1(CO)CC1)=NC2. The predicted molar refractivity (Wildman–Crippen MR) is 59.1 cm³/mol. The zero-order chi connectivity index (χ0) is 10.5. The molecule has 2 N–H and O–H groups in total. The topological polar surface area (TPSA) is 61.7 Å². The molecule has 1 unspecified atom stereocenters. The first-order valence-electron chi connectivity index (χ1n) is 5.28. The van der Waals surface area contributed by atoms with Gasteiger partial charge in [0, 0.05) is 5.75 Å². The average molecular weight is 226 g/mol. The highest BCUT2D eigenvalue weighted by atomic mass is 32.2. The van der Waals surface area contributed by atoms with Crippen molar-refractivity contribution in [1.82, 2.24) is 5.32 Å².